The van der Waals surface area contributed by atoms with Crippen LogP contribution in [0.1, 0.15) is 24.0 Å². The number of hydrogen-bond donors (Lipinski definition) is 0. The Morgan fingerprint density at radius 1 is 1.19 bits per heavy atom. The van der Waals surface area contributed by atoms with Crippen LogP contribution < -0.4 is 0 Å². The van der Waals surface area contributed by atoms with Crippen molar-refractivity contribution >= 4 is 51.0 Å². The minimum absolute atomic E-state index is 0.0734. The van der Waals surface area contributed by atoms with E-state index >= 15 is 0 Å². The molecule has 0 bridgehead atoms. The van der Waals surface area contributed by atoms with E-state index in [0.717, 1.165) is 0 Å². The third-order valence-electron chi connectivity index (χ3n) is 3.54. The standard InChI is InChI=1S/C13H18Cl3NO3Si/c14-7-4-10-2-1-3-11(12(10)17(18)19)13(20-21,5-8-15)6-9-16/h1-3H,4-9H2,21H3. The van der Waals surface area contributed by atoms with E-state index in [0.29, 0.717) is 58.5 Å². The minimum Gasteiger partial charge on any atom is -0.418 e. The summed E-state index contributed by atoms with van der Waals surface area (Å²) in [4.78, 5) is 11.2. The van der Waals surface area contributed by atoms with Crippen LogP contribution in [0.5, 0.6) is 0 Å². The van der Waals surface area contributed by atoms with Gasteiger partial charge in [-0.1, -0.05) is 12.1 Å². The van der Waals surface area contributed by atoms with Crippen LogP contribution >= 0.6 is 34.8 Å². The van der Waals surface area contributed by atoms with Gasteiger partial charge in [0.2, 0.25) is 0 Å². The van der Waals surface area contributed by atoms with Crippen molar-refractivity contribution in [3.05, 3.63) is 39.4 Å². The van der Waals surface area contributed by atoms with Gasteiger partial charge in [0.05, 0.1) is 16.1 Å². The van der Waals surface area contributed by atoms with Crippen LogP contribution in [0.25, 0.3) is 0 Å². The van der Waals surface area contributed by atoms with Gasteiger partial charge in [0.15, 0.2) is 0 Å². The van der Waals surface area contributed by atoms with Crippen molar-refractivity contribution in [2.45, 2.75) is 24.9 Å². The molecule has 0 fully saturated rings. The first kappa shape index (κ1) is 18.7. The average molecular weight is 371 g/mol. The summed E-state index contributed by atoms with van der Waals surface area (Å²) in [6.07, 6.45) is 1.40. The molecule has 0 heterocycles. The first-order chi connectivity index (χ1) is 10.1. The topological polar surface area (TPSA) is 52.4 Å². The number of rotatable bonds is 9. The minimum atomic E-state index is -0.791. The molecule has 1 aromatic carbocycles. The Hall–Kier alpha value is -0.333. The van der Waals surface area contributed by atoms with Gasteiger partial charge in [-0.2, -0.15) is 0 Å². The highest BCUT2D eigenvalue weighted by Crippen LogP contribution is 2.40. The number of halogens is 3. The number of alkyl halides is 3. The van der Waals surface area contributed by atoms with Crippen LogP contribution in [0.15, 0.2) is 18.2 Å². The van der Waals surface area contributed by atoms with E-state index in [4.69, 9.17) is 39.2 Å². The fourth-order valence-corrected chi connectivity index (χ4v) is 3.93. The van der Waals surface area contributed by atoms with Crippen LogP contribution in [0.4, 0.5) is 5.69 Å². The third kappa shape index (κ3) is 4.33. The van der Waals surface area contributed by atoms with Crippen LogP contribution in [0, 0.1) is 10.1 Å². The molecular formula is C13H18Cl3NO3Si. The normalized spacial score (nSPS) is 11.8. The second kappa shape index (κ2) is 8.95. The molecule has 0 unspecified atom stereocenters. The number of hydrogen-bond acceptors (Lipinski definition) is 3. The van der Waals surface area contributed by atoms with Gasteiger partial charge in [0.1, 0.15) is 10.5 Å². The Bertz CT molecular complexity index is 482. The summed E-state index contributed by atoms with van der Waals surface area (Å²) in [6, 6.07) is 5.25. The lowest BCUT2D eigenvalue weighted by Gasteiger charge is -2.32. The summed E-state index contributed by atoms with van der Waals surface area (Å²) in [7, 11) is 0.438. The summed E-state index contributed by atoms with van der Waals surface area (Å²) in [5.41, 5.74) is 0.441. The second-order valence-electron chi connectivity index (χ2n) is 4.59. The molecule has 0 aliphatic heterocycles. The van der Waals surface area contributed by atoms with Gasteiger partial charge in [0, 0.05) is 23.2 Å². The molecule has 0 saturated heterocycles. The molecule has 8 heteroatoms. The number of nitrogens with zero attached hydrogens (tertiary/aromatic N) is 1. The van der Waals surface area contributed by atoms with Crippen LogP contribution in [0.3, 0.4) is 0 Å². The highest BCUT2D eigenvalue weighted by atomic mass is 35.5. The molecule has 21 heavy (non-hydrogen) atoms. The molecule has 0 amide bonds. The molecule has 0 atom stereocenters. The molecule has 0 saturated carbocycles. The van der Waals surface area contributed by atoms with E-state index in [1.165, 1.54) is 0 Å². The molecule has 0 aliphatic rings. The third-order valence-corrected chi connectivity index (χ3v) is 4.89. The summed E-state index contributed by atoms with van der Waals surface area (Å²) in [5.74, 6) is 1.01. The van der Waals surface area contributed by atoms with Gasteiger partial charge in [-0.05, 0) is 25.3 Å². The summed E-state index contributed by atoms with van der Waals surface area (Å²) in [6.45, 7) is 0. The van der Waals surface area contributed by atoms with E-state index in [9.17, 15) is 10.1 Å². The average Bonchev–Trinajstić information content (AvgIpc) is 2.46. The number of benzene rings is 1. The first-order valence-corrected chi connectivity index (χ1v) is 8.98. The van der Waals surface area contributed by atoms with E-state index < -0.39 is 5.60 Å². The fraction of sp³-hybridized carbons (Fsp3) is 0.538. The number of nitro benzene ring substituents is 1. The predicted molar refractivity (Wildman–Crippen MR) is 90.9 cm³/mol. The van der Waals surface area contributed by atoms with Gasteiger partial charge in [0.25, 0.3) is 5.69 Å². The van der Waals surface area contributed by atoms with E-state index in [2.05, 4.69) is 0 Å². The second-order valence-corrected chi connectivity index (χ2v) is 6.13. The number of nitro groups is 1. The Labute approximate surface area is 142 Å². The molecule has 0 spiro atoms. The lowest BCUT2D eigenvalue weighted by molar-refractivity contribution is -0.387. The van der Waals surface area contributed by atoms with Gasteiger partial charge in [-0.3, -0.25) is 10.1 Å². The smallest absolute Gasteiger partial charge is 0.278 e. The largest absolute Gasteiger partial charge is 0.418 e. The van der Waals surface area contributed by atoms with Crippen LogP contribution in [-0.4, -0.2) is 33.0 Å². The zero-order valence-electron chi connectivity index (χ0n) is 11.8. The first-order valence-electron chi connectivity index (χ1n) is 6.56. The monoisotopic (exact) mass is 369 g/mol. The van der Waals surface area contributed by atoms with Crippen LogP contribution in [-0.2, 0) is 16.4 Å². The molecule has 0 aromatic heterocycles. The van der Waals surface area contributed by atoms with Crippen molar-refractivity contribution in [2.75, 3.05) is 17.6 Å². The summed E-state index contributed by atoms with van der Waals surface area (Å²) >= 11 is 17.5. The van der Waals surface area contributed by atoms with E-state index in [1.54, 1.807) is 18.2 Å². The number of aryl methyl sites for hydroxylation is 1. The molecule has 4 nitrogen and oxygen atoms in total. The molecule has 0 N–H and O–H groups in total. The van der Waals surface area contributed by atoms with Gasteiger partial charge in [-0.15, -0.1) is 34.8 Å². The van der Waals surface area contributed by atoms with Gasteiger partial charge >= 0.3 is 0 Å². The quantitative estimate of drug-likeness (QED) is 0.290. The molecular weight excluding hydrogens is 353 g/mol. The predicted octanol–water partition coefficient (Wildman–Crippen LogP) is 3.13. The van der Waals surface area contributed by atoms with Gasteiger partial charge in [-0.25, -0.2) is 0 Å². The molecule has 1 rings (SSSR count). The Kier molecular flexibility index (Phi) is 7.98. The van der Waals surface area contributed by atoms with Crippen molar-refractivity contribution < 1.29 is 9.35 Å². The molecule has 0 aliphatic carbocycles. The zero-order valence-corrected chi connectivity index (χ0v) is 16.0. The van der Waals surface area contributed by atoms with Crippen molar-refractivity contribution in [3.63, 3.8) is 0 Å². The maximum atomic E-state index is 11.5. The number of para-hydroxylation sites is 1. The zero-order chi connectivity index (χ0) is 15.9. The summed E-state index contributed by atoms with van der Waals surface area (Å²) < 4.78 is 5.76. The maximum absolute atomic E-state index is 11.5. The van der Waals surface area contributed by atoms with E-state index in [-0.39, 0.29) is 10.6 Å². The molecule has 0 radical (unpaired) electrons. The molecule has 118 valence electrons. The van der Waals surface area contributed by atoms with Crippen LogP contribution in [0.2, 0.25) is 0 Å². The van der Waals surface area contributed by atoms with Crippen molar-refractivity contribution in [3.8, 4) is 0 Å². The molecule has 1 aromatic rings. The lowest BCUT2D eigenvalue weighted by Crippen LogP contribution is -2.31. The Morgan fingerprint density at radius 3 is 2.24 bits per heavy atom. The van der Waals surface area contributed by atoms with Gasteiger partial charge < -0.3 is 4.43 Å². The highest BCUT2D eigenvalue weighted by molar-refractivity contribution is 6.18. The van der Waals surface area contributed by atoms with Crippen molar-refractivity contribution in [1.82, 2.24) is 0 Å². The SMILES string of the molecule is O=[N+]([O-])c1c(CCCl)cccc1C(CCCl)(CCCl)O[SiH3]. The van der Waals surface area contributed by atoms with Crippen molar-refractivity contribution in [1.29, 1.82) is 0 Å². The van der Waals surface area contributed by atoms with Crippen molar-refractivity contribution in [2.24, 2.45) is 0 Å². The fourth-order valence-electron chi connectivity index (χ4n) is 2.49. The summed E-state index contributed by atoms with van der Waals surface area (Å²) in [5, 5.41) is 11.5. The maximum Gasteiger partial charge on any atom is 0.278 e. The highest BCUT2D eigenvalue weighted by Gasteiger charge is 2.37. The Balaban J connectivity index is 3.49. The lowest BCUT2D eigenvalue weighted by atomic mass is 9.85. The Morgan fingerprint density at radius 2 is 1.81 bits per heavy atom. The van der Waals surface area contributed by atoms with E-state index in [1.807, 2.05) is 0 Å².